The van der Waals surface area contributed by atoms with Crippen LogP contribution in [-0.4, -0.2) is 37.6 Å². The predicted octanol–water partition coefficient (Wildman–Crippen LogP) is 8.91. The molecule has 0 aliphatic heterocycles. The summed E-state index contributed by atoms with van der Waals surface area (Å²) in [6, 6.07) is 23.0. The van der Waals surface area contributed by atoms with Crippen molar-refractivity contribution in [3.63, 3.8) is 0 Å². The van der Waals surface area contributed by atoms with Crippen molar-refractivity contribution in [3.8, 4) is 27.4 Å². The molecule has 5 aromatic rings. The van der Waals surface area contributed by atoms with Gasteiger partial charge in [-0.3, -0.25) is 0 Å². The fraction of sp³-hybridized carbons (Fsp3) is 0.200. The van der Waals surface area contributed by atoms with E-state index in [1.807, 2.05) is 38.1 Å². The van der Waals surface area contributed by atoms with E-state index in [-0.39, 0.29) is 19.8 Å². The Morgan fingerprint density at radius 2 is 1.49 bits per heavy atom. The van der Waals surface area contributed by atoms with Gasteiger partial charge in [0.2, 0.25) is 0 Å². The number of halogens is 6. The molecule has 47 heavy (non-hydrogen) atoms. The molecule has 1 atom stereocenters. The zero-order chi connectivity index (χ0) is 33.9. The van der Waals surface area contributed by atoms with E-state index in [0.29, 0.717) is 33.9 Å². The van der Waals surface area contributed by atoms with Crippen molar-refractivity contribution in [2.75, 3.05) is 6.61 Å². The molecule has 12 heteroatoms. The van der Waals surface area contributed by atoms with Crippen molar-refractivity contribution in [2.24, 2.45) is 0 Å². The van der Waals surface area contributed by atoms with Gasteiger partial charge in [-0.25, -0.2) is 0 Å². The number of carbonyl (C=O) groups is 1. The second-order valence-electron chi connectivity index (χ2n) is 10.7. The molecule has 1 aromatic heterocycles. The maximum atomic E-state index is 13.3. The van der Waals surface area contributed by atoms with Gasteiger partial charge in [0.25, 0.3) is 0 Å². The van der Waals surface area contributed by atoms with Crippen LogP contribution in [0, 0.1) is 13.8 Å². The van der Waals surface area contributed by atoms with E-state index in [2.05, 4.69) is 0 Å². The fourth-order valence-corrected chi connectivity index (χ4v) is 9.18. The molecule has 0 saturated heterocycles. The Balaban J connectivity index is 1.45. The molecule has 244 valence electrons. The number of carboxylic acid groups (broad SMARTS) is 1. The number of carboxylic acids is 1. The van der Waals surface area contributed by atoms with E-state index < -0.39 is 36.1 Å². The van der Waals surface area contributed by atoms with Gasteiger partial charge in [-0.15, -0.1) is 0 Å². The van der Waals surface area contributed by atoms with Crippen LogP contribution in [-0.2, 0) is 23.6 Å². The fourth-order valence-electron chi connectivity index (χ4n) is 4.90. The van der Waals surface area contributed by atoms with E-state index in [0.717, 1.165) is 50.4 Å². The topological polar surface area (TPSA) is 59.4 Å². The molecule has 0 radical (unpaired) electrons. The van der Waals surface area contributed by atoms with Crippen LogP contribution in [0.5, 0.6) is 5.75 Å². The van der Waals surface area contributed by atoms with Gasteiger partial charge < -0.3 is 0 Å². The van der Waals surface area contributed by atoms with E-state index in [9.17, 15) is 31.1 Å². The van der Waals surface area contributed by atoms with Crippen LogP contribution in [0.25, 0.3) is 21.7 Å². The Bertz CT molecular complexity index is 1870. The molecule has 0 fully saturated rings. The van der Waals surface area contributed by atoms with Crippen LogP contribution in [0.3, 0.4) is 0 Å². The van der Waals surface area contributed by atoms with E-state index in [1.54, 1.807) is 24.3 Å². The van der Waals surface area contributed by atoms with Crippen molar-refractivity contribution in [2.45, 2.75) is 37.4 Å². The van der Waals surface area contributed by atoms with Crippen molar-refractivity contribution < 1.29 is 41.0 Å². The van der Waals surface area contributed by atoms with Crippen molar-refractivity contribution in [1.82, 2.24) is 4.98 Å². The SMILES string of the molecule is Cc1cc([Se]C(Cc2ccc(-c3cccc(C(F)(F)F)c3)cc2)c2sc(-c3ccc(C(F)(F)F)cc3)nc2C)ccc1OCC(=O)O. The second-order valence-corrected chi connectivity index (χ2v) is 14.4. The van der Waals surface area contributed by atoms with Crippen LogP contribution in [0.4, 0.5) is 26.3 Å². The van der Waals surface area contributed by atoms with Gasteiger partial charge in [-0.2, -0.15) is 0 Å². The first-order valence-corrected chi connectivity index (χ1v) is 16.9. The monoisotopic (exact) mass is 735 g/mol. The number of ether oxygens (including phenoxy) is 1. The van der Waals surface area contributed by atoms with Gasteiger partial charge in [-0.05, 0) is 0 Å². The minimum atomic E-state index is -4.45. The Kier molecular flexibility index (Phi) is 10.1. The third kappa shape index (κ3) is 8.62. The summed E-state index contributed by atoms with van der Waals surface area (Å²) < 4.78 is 85.6. The summed E-state index contributed by atoms with van der Waals surface area (Å²) in [5.41, 5.74) is 2.70. The molecule has 0 spiro atoms. The average Bonchev–Trinajstić information content (AvgIpc) is 3.41. The average molecular weight is 735 g/mol. The Labute approximate surface area is 277 Å². The molecule has 4 aromatic carbocycles. The van der Waals surface area contributed by atoms with Gasteiger partial charge >= 0.3 is 278 Å². The number of nitrogens with zero attached hydrogens (tertiary/aromatic N) is 1. The van der Waals surface area contributed by atoms with Crippen LogP contribution in [0.15, 0.2) is 91.0 Å². The number of alkyl halides is 6. The van der Waals surface area contributed by atoms with Crippen molar-refractivity contribution in [3.05, 3.63) is 124 Å². The number of aryl methyl sites for hydroxylation is 2. The molecule has 5 rings (SSSR count). The first-order chi connectivity index (χ1) is 22.2. The Morgan fingerprint density at radius 1 is 0.830 bits per heavy atom. The summed E-state index contributed by atoms with van der Waals surface area (Å²) in [6.07, 6.45) is -8.32. The molecule has 1 N–H and O–H groups in total. The van der Waals surface area contributed by atoms with Crippen LogP contribution in [0.2, 0.25) is 0 Å². The molecule has 0 bridgehead atoms. The molecule has 0 aliphatic rings. The van der Waals surface area contributed by atoms with Gasteiger partial charge in [0.1, 0.15) is 0 Å². The van der Waals surface area contributed by atoms with E-state index >= 15 is 0 Å². The molecule has 1 heterocycles. The summed E-state index contributed by atoms with van der Waals surface area (Å²) in [6.45, 7) is 3.24. The molecular weight excluding hydrogens is 707 g/mol. The van der Waals surface area contributed by atoms with E-state index in [4.69, 9.17) is 14.8 Å². The van der Waals surface area contributed by atoms with Gasteiger partial charge in [0, 0.05) is 0 Å². The Hall–Kier alpha value is -4.12. The van der Waals surface area contributed by atoms with Gasteiger partial charge in [0.15, 0.2) is 0 Å². The van der Waals surface area contributed by atoms with Crippen molar-refractivity contribution >= 4 is 36.7 Å². The summed E-state index contributed by atoms with van der Waals surface area (Å²) >= 11 is 1.25. The van der Waals surface area contributed by atoms with E-state index in [1.165, 1.54) is 29.5 Å². The van der Waals surface area contributed by atoms with Crippen molar-refractivity contribution in [1.29, 1.82) is 0 Å². The first kappa shape index (κ1) is 34.2. The molecule has 0 saturated carbocycles. The summed E-state index contributed by atoms with van der Waals surface area (Å²) in [7, 11) is 0. The molecule has 4 nitrogen and oxygen atoms in total. The third-order valence-corrected chi connectivity index (χ3v) is 11.5. The number of thiazole rings is 1. The van der Waals surface area contributed by atoms with Gasteiger partial charge in [0.05, 0.1) is 0 Å². The summed E-state index contributed by atoms with van der Waals surface area (Å²) in [5, 5.41) is 9.57. The molecule has 1 unspecified atom stereocenters. The Morgan fingerprint density at radius 3 is 2.11 bits per heavy atom. The van der Waals surface area contributed by atoms with Gasteiger partial charge in [-0.1, -0.05) is 0 Å². The number of hydrogen-bond acceptors (Lipinski definition) is 4. The minimum absolute atomic E-state index is 0.0483. The molecule has 0 amide bonds. The third-order valence-electron chi connectivity index (χ3n) is 7.26. The predicted molar refractivity (Wildman–Crippen MR) is 170 cm³/mol. The van der Waals surface area contributed by atoms with Crippen LogP contribution in [0.1, 0.15) is 37.6 Å². The zero-order valence-electron chi connectivity index (χ0n) is 24.9. The molecular formula is C35H27F6NO3SSe. The normalized spacial score (nSPS) is 12.6. The summed E-state index contributed by atoms with van der Waals surface area (Å²) in [4.78, 5) is 16.6. The second kappa shape index (κ2) is 13.9. The maximum absolute atomic E-state index is 13.3. The first-order valence-electron chi connectivity index (χ1n) is 14.2. The molecule has 0 aliphatic carbocycles. The standard InChI is InChI=1S/C35H27F6NO3SSe/c1-20-16-28(14-15-29(20)45-19-31(43)44)47-30(32-21(2)42-33(46-32)24-10-12-26(13-11-24)34(36,37)38)17-22-6-8-23(9-7-22)25-4-3-5-27(18-25)35(39,40)41/h3-16,18,30H,17,19H2,1-2H3,(H,43,44). The summed E-state index contributed by atoms with van der Waals surface area (Å²) in [5.74, 6) is -0.617. The van der Waals surface area contributed by atoms with Crippen LogP contribution >= 0.6 is 11.3 Å². The number of rotatable bonds is 10. The van der Waals surface area contributed by atoms with Crippen LogP contribution < -0.4 is 9.20 Å². The number of hydrogen-bond donors (Lipinski definition) is 1. The number of aromatic nitrogens is 1. The number of aliphatic carboxylic acids is 1. The zero-order valence-corrected chi connectivity index (χ0v) is 27.5. The number of benzene rings is 4. The quantitative estimate of drug-likeness (QED) is 0.115.